The van der Waals surface area contributed by atoms with Gasteiger partial charge in [0.1, 0.15) is 11.6 Å². The van der Waals surface area contributed by atoms with E-state index in [9.17, 15) is 19.1 Å². The number of carboxylic acid groups (broad SMARTS) is 1. The van der Waals surface area contributed by atoms with Gasteiger partial charge in [0, 0.05) is 12.0 Å². The van der Waals surface area contributed by atoms with Gasteiger partial charge < -0.3 is 19.9 Å². The SMILES string of the molecule is O=C(N[C@@H](COCc1ccccc1)C(=O)O)C1CC=C(c2ccc(F)cc2)O1. The third-order valence-corrected chi connectivity index (χ3v) is 4.22. The second-order valence-corrected chi connectivity index (χ2v) is 6.32. The first-order valence-electron chi connectivity index (χ1n) is 8.80. The second kappa shape index (κ2) is 9.14. The van der Waals surface area contributed by atoms with Gasteiger partial charge in [-0.25, -0.2) is 9.18 Å². The molecule has 1 aliphatic heterocycles. The van der Waals surface area contributed by atoms with Crippen LogP contribution in [0.3, 0.4) is 0 Å². The lowest BCUT2D eigenvalue weighted by molar-refractivity contribution is -0.145. The molecule has 0 bridgehead atoms. The minimum Gasteiger partial charge on any atom is -0.480 e. The van der Waals surface area contributed by atoms with Crippen molar-refractivity contribution in [3.05, 3.63) is 77.6 Å². The summed E-state index contributed by atoms with van der Waals surface area (Å²) in [4.78, 5) is 23.8. The molecule has 2 aromatic rings. The number of hydrogen-bond donors (Lipinski definition) is 2. The summed E-state index contributed by atoms with van der Waals surface area (Å²) in [5.74, 6) is -1.63. The van der Waals surface area contributed by atoms with Gasteiger partial charge in [-0.1, -0.05) is 30.3 Å². The first-order chi connectivity index (χ1) is 13.5. The second-order valence-electron chi connectivity index (χ2n) is 6.32. The molecular weight excluding hydrogens is 365 g/mol. The van der Waals surface area contributed by atoms with E-state index in [1.807, 2.05) is 30.3 Å². The van der Waals surface area contributed by atoms with Crippen molar-refractivity contribution in [2.75, 3.05) is 6.61 Å². The molecule has 1 heterocycles. The van der Waals surface area contributed by atoms with E-state index >= 15 is 0 Å². The van der Waals surface area contributed by atoms with Gasteiger partial charge in [-0.3, -0.25) is 4.79 Å². The smallest absolute Gasteiger partial charge is 0.328 e. The molecule has 0 fully saturated rings. The predicted octanol–water partition coefficient (Wildman–Crippen LogP) is 2.74. The summed E-state index contributed by atoms with van der Waals surface area (Å²) >= 11 is 0. The number of halogens is 1. The minimum atomic E-state index is -1.19. The average molecular weight is 385 g/mol. The van der Waals surface area contributed by atoms with Gasteiger partial charge in [0.25, 0.3) is 5.91 Å². The number of aliphatic carboxylic acids is 1. The fraction of sp³-hybridized carbons (Fsp3) is 0.238. The molecule has 2 atom stereocenters. The van der Waals surface area contributed by atoms with Crippen LogP contribution in [-0.2, 0) is 25.7 Å². The van der Waals surface area contributed by atoms with Crippen LogP contribution in [0.4, 0.5) is 4.39 Å². The Morgan fingerprint density at radius 1 is 1.18 bits per heavy atom. The summed E-state index contributed by atoms with van der Waals surface area (Å²) in [7, 11) is 0. The summed E-state index contributed by atoms with van der Waals surface area (Å²) in [5, 5.41) is 11.8. The Morgan fingerprint density at radius 2 is 1.89 bits per heavy atom. The number of rotatable bonds is 8. The van der Waals surface area contributed by atoms with Gasteiger partial charge in [0.15, 0.2) is 12.1 Å². The van der Waals surface area contributed by atoms with E-state index < -0.39 is 24.0 Å². The largest absolute Gasteiger partial charge is 0.480 e. The first kappa shape index (κ1) is 19.6. The molecule has 146 valence electrons. The molecular formula is C21H20FNO5. The molecule has 2 N–H and O–H groups in total. The van der Waals surface area contributed by atoms with Crippen LogP contribution in [-0.4, -0.2) is 35.7 Å². The zero-order valence-electron chi connectivity index (χ0n) is 15.0. The molecule has 2 aromatic carbocycles. The molecule has 0 saturated heterocycles. The van der Waals surface area contributed by atoms with Gasteiger partial charge in [-0.05, 0) is 35.9 Å². The molecule has 0 aliphatic carbocycles. The third kappa shape index (κ3) is 5.17. The Balaban J connectivity index is 1.50. The van der Waals surface area contributed by atoms with E-state index in [1.54, 1.807) is 18.2 Å². The van der Waals surface area contributed by atoms with E-state index in [-0.39, 0.29) is 19.0 Å². The summed E-state index contributed by atoms with van der Waals surface area (Å²) in [6.07, 6.45) is 1.19. The fourth-order valence-corrected chi connectivity index (χ4v) is 2.73. The Hall–Kier alpha value is -3.19. The van der Waals surface area contributed by atoms with Crippen molar-refractivity contribution in [1.82, 2.24) is 5.32 Å². The lowest BCUT2D eigenvalue weighted by atomic mass is 10.1. The summed E-state index contributed by atoms with van der Waals surface area (Å²) in [6, 6.07) is 13.9. The number of hydrogen-bond acceptors (Lipinski definition) is 4. The molecule has 1 amide bonds. The predicted molar refractivity (Wildman–Crippen MR) is 99.5 cm³/mol. The number of carbonyl (C=O) groups excluding carboxylic acids is 1. The normalized spacial score (nSPS) is 16.8. The number of benzene rings is 2. The van der Waals surface area contributed by atoms with Gasteiger partial charge in [-0.15, -0.1) is 0 Å². The topological polar surface area (TPSA) is 84.9 Å². The van der Waals surface area contributed by atoms with Crippen LogP contribution in [0.15, 0.2) is 60.7 Å². The molecule has 0 aromatic heterocycles. The first-order valence-corrected chi connectivity index (χ1v) is 8.80. The number of carbonyl (C=O) groups is 2. The number of ether oxygens (including phenoxy) is 2. The zero-order chi connectivity index (χ0) is 19.9. The van der Waals surface area contributed by atoms with Crippen molar-refractivity contribution >= 4 is 17.6 Å². The molecule has 0 saturated carbocycles. The highest BCUT2D eigenvalue weighted by atomic mass is 19.1. The highest BCUT2D eigenvalue weighted by molar-refractivity contribution is 5.88. The Kier molecular flexibility index (Phi) is 6.39. The third-order valence-electron chi connectivity index (χ3n) is 4.22. The molecule has 1 aliphatic rings. The van der Waals surface area contributed by atoms with Gasteiger partial charge in [0.2, 0.25) is 0 Å². The highest BCUT2D eigenvalue weighted by Crippen LogP contribution is 2.26. The van der Waals surface area contributed by atoms with Gasteiger partial charge in [-0.2, -0.15) is 0 Å². The molecule has 0 radical (unpaired) electrons. The van der Waals surface area contributed by atoms with Crippen molar-refractivity contribution < 1.29 is 28.6 Å². The zero-order valence-corrected chi connectivity index (χ0v) is 15.0. The van der Waals surface area contributed by atoms with Crippen LogP contribution < -0.4 is 5.32 Å². The average Bonchev–Trinajstić information content (AvgIpc) is 3.19. The monoisotopic (exact) mass is 385 g/mol. The highest BCUT2D eigenvalue weighted by Gasteiger charge is 2.30. The summed E-state index contributed by atoms with van der Waals surface area (Å²) in [5.41, 5.74) is 1.56. The van der Waals surface area contributed by atoms with Gasteiger partial charge in [0.05, 0.1) is 13.2 Å². The molecule has 28 heavy (non-hydrogen) atoms. The van der Waals surface area contributed by atoms with Crippen LogP contribution in [0, 0.1) is 5.82 Å². The number of carboxylic acids is 1. The molecule has 7 heteroatoms. The maximum absolute atomic E-state index is 13.0. The van der Waals surface area contributed by atoms with Crippen molar-refractivity contribution in [2.45, 2.75) is 25.2 Å². The Morgan fingerprint density at radius 3 is 2.57 bits per heavy atom. The van der Waals surface area contributed by atoms with Crippen molar-refractivity contribution in [2.24, 2.45) is 0 Å². The standard InChI is InChI=1S/C21H20FNO5/c22-16-8-6-15(7-9-16)18-10-11-19(28-18)20(24)23-17(21(25)26)13-27-12-14-4-2-1-3-5-14/h1-10,17,19H,11-13H2,(H,23,24)(H,25,26)/t17-,19?/m0/s1. The van der Waals surface area contributed by atoms with E-state index in [0.29, 0.717) is 17.7 Å². The van der Waals surface area contributed by atoms with Crippen LogP contribution in [0.5, 0.6) is 0 Å². The Bertz CT molecular complexity index is 851. The maximum Gasteiger partial charge on any atom is 0.328 e. The minimum absolute atomic E-state index is 0.166. The van der Waals surface area contributed by atoms with E-state index in [0.717, 1.165) is 5.56 Å². The van der Waals surface area contributed by atoms with Crippen molar-refractivity contribution in [3.63, 3.8) is 0 Å². The van der Waals surface area contributed by atoms with Crippen LogP contribution in [0.2, 0.25) is 0 Å². The van der Waals surface area contributed by atoms with Crippen LogP contribution >= 0.6 is 0 Å². The fourth-order valence-electron chi connectivity index (χ4n) is 2.73. The van der Waals surface area contributed by atoms with E-state index in [4.69, 9.17) is 9.47 Å². The maximum atomic E-state index is 13.0. The van der Waals surface area contributed by atoms with Crippen molar-refractivity contribution in [1.29, 1.82) is 0 Å². The number of amides is 1. The number of nitrogens with one attached hydrogen (secondary N) is 1. The lowest BCUT2D eigenvalue weighted by Gasteiger charge is -2.18. The van der Waals surface area contributed by atoms with Crippen LogP contribution in [0.25, 0.3) is 5.76 Å². The lowest BCUT2D eigenvalue weighted by Crippen LogP contribution is -2.47. The molecule has 1 unspecified atom stereocenters. The van der Waals surface area contributed by atoms with Crippen molar-refractivity contribution in [3.8, 4) is 0 Å². The Labute approximate surface area is 161 Å². The van der Waals surface area contributed by atoms with E-state index in [2.05, 4.69) is 5.32 Å². The summed E-state index contributed by atoms with van der Waals surface area (Å²) < 4.78 is 24.0. The van der Waals surface area contributed by atoms with Gasteiger partial charge >= 0.3 is 5.97 Å². The molecule has 3 rings (SSSR count). The quantitative estimate of drug-likeness (QED) is 0.730. The molecule has 0 spiro atoms. The summed E-state index contributed by atoms with van der Waals surface area (Å²) in [6.45, 7) is 0.0810. The molecule has 6 nitrogen and oxygen atoms in total. The van der Waals surface area contributed by atoms with E-state index in [1.165, 1.54) is 12.1 Å². The van der Waals surface area contributed by atoms with Crippen LogP contribution in [0.1, 0.15) is 17.5 Å².